The Kier molecular flexibility index (Phi) is 5.36. The van der Waals surface area contributed by atoms with Gasteiger partial charge < -0.3 is 15.8 Å². The summed E-state index contributed by atoms with van der Waals surface area (Å²) >= 11 is 0. The first-order chi connectivity index (χ1) is 12.0. The van der Waals surface area contributed by atoms with E-state index in [1.165, 1.54) is 0 Å². The number of rotatable bonds is 5. The van der Waals surface area contributed by atoms with Crippen LogP contribution >= 0.6 is 0 Å². The van der Waals surface area contributed by atoms with Gasteiger partial charge in [-0.2, -0.15) is 0 Å². The van der Waals surface area contributed by atoms with E-state index in [-0.39, 0.29) is 18.1 Å². The Morgan fingerprint density at radius 2 is 1.96 bits per heavy atom. The predicted octanol–water partition coefficient (Wildman–Crippen LogP) is 3.06. The van der Waals surface area contributed by atoms with E-state index in [0.717, 1.165) is 36.7 Å². The molecular formula is C19H26N4O2. The highest BCUT2D eigenvalue weighted by Crippen LogP contribution is 2.30. The Morgan fingerprint density at radius 1 is 1.24 bits per heavy atom. The number of nitrogens with one attached hydrogen (secondary N) is 1. The highest BCUT2D eigenvalue weighted by molar-refractivity contribution is 5.84. The smallest absolute Gasteiger partial charge is 0.220 e. The molecule has 0 spiro atoms. The monoisotopic (exact) mass is 342 g/mol. The Labute approximate surface area is 148 Å². The van der Waals surface area contributed by atoms with Crippen molar-refractivity contribution in [1.29, 1.82) is 0 Å². The van der Waals surface area contributed by atoms with Crippen molar-refractivity contribution in [1.82, 2.24) is 15.3 Å². The quantitative estimate of drug-likeness (QED) is 0.815. The number of fused-ring (bicyclic) bond motifs is 1. The van der Waals surface area contributed by atoms with Gasteiger partial charge in [0.1, 0.15) is 11.3 Å². The Balaban J connectivity index is 1.59. The molecule has 0 atom stereocenters. The van der Waals surface area contributed by atoms with Crippen LogP contribution in [0.2, 0.25) is 0 Å². The molecule has 1 heterocycles. The van der Waals surface area contributed by atoms with Crippen molar-refractivity contribution in [3.05, 3.63) is 24.5 Å². The molecule has 0 bridgehead atoms. The lowest BCUT2D eigenvalue weighted by Crippen LogP contribution is -2.40. The molecule has 134 valence electrons. The molecule has 1 saturated carbocycles. The molecule has 2 aromatic rings. The fourth-order valence-electron chi connectivity index (χ4n) is 3.32. The minimum absolute atomic E-state index is 0.116. The standard InChI is InChI=1S/C19H26N4O2/c1-12(2)9-18(24)23-14-3-5-15(6-4-14)25-17-11-13(20)10-16-19(17)22-8-7-21-16/h7-8,10-12,14-15H,3-6,9,20H2,1-2H3,(H,23,24). The van der Waals surface area contributed by atoms with Gasteiger partial charge in [-0.1, -0.05) is 13.8 Å². The number of benzene rings is 1. The van der Waals surface area contributed by atoms with Crippen LogP contribution in [0.15, 0.2) is 24.5 Å². The molecule has 1 aromatic heterocycles. The average Bonchev–Trinajstić information content (AvgIpc) is 2.55. The first kappa shape index (κ1) is 17.5. The maximum absolute atomic E-state index is 11.9. The number of nitrogen functional groups attached to an aromatic ring is 1. The molecule has 0 radical (unpaired) electrons. The maximum atomic E-state index is 11.9. The summed E-state index contributed by atoms with van der Waals surface area (Å²) in [5.41, 5.74) is 8.06. The van der Waals surface area contributed by atoms with Crippen LogP contribution in [0, 0.1) is 5.92 Å². The first-order valence-electron chi connectivity index (χ1n) is 8.97. The first-order valence-corrected chi connectivity index (χ1v) is 8.97. The highest BCUT2D eigenvalue weighted by atomic mass is 16.5. The molecule has 0 saturated heterocycles. The highest BCUT2D eigenvalue weighted by Gasteiger charge is 2.24. The number of aromatic nitrogens is 2. The van der Waals surface area contributed by atoms with Crippen molar-refractivity contribution in [2.45, 2.75) is 58.1 Å². The third-order valence-electron chi connectivity index (χ3n) is 4.49. The molecule has 1 fully saturated rings. The van der Waals surface area contributed by atoms with Crippen LogP contribution in [0.3, 0.4) is 0 Å². The van der Waals surface area contributed by atoms with E-state index < -0.39 is 0 Å². The largest absolute Gasteiger partial charge is 0.488 e. The fraction of sp³-hybridized carbons (Fsp3) is 0.526. The van der Waals surface area contributed by atoms with E-state index >= 15 is 0 Å². The second-order valence-corrected chi connectivity index (χ2v) is 7.20. The lowest BCUT2D eigenvalue weighted by atomic mass is 9.92. The van der Waals surface area contributed by atoms with E-state index in [0.29, 0.717) is 23.8 Å². The second kappa shape index (κ2) is 7.68. The van der Waals surface area contributed by atoms with Gasteiger partial charge in [0.15, 0.2) is 0 Å². The molecular weight excluding hydrogens is 316 g/mol. The summed E-state index contributed by atoms with van der Waals surface area (Å²) in [6, 6.07) is 3.87. The van der Waals surface area contributed by atoms with E-state index in [1.54, 1.807) is 18.5 Å². The topological polar surface area (TPSA) is 90.1 Å². The molecule has 6 heteroatoms. The number of carbonyl (C=O) groups is 1. The molecule has 25 heavy (non-hydrogen) atoms. The van der Waals surface area contributed by atoms with E-state index in [4.69, 9.17) is 10.5 Å². The lowest BCUT2D eigenvalue weighted by molar-refractivity contribution is -0.122. The van der Waals surface area contributed by atoms with Crippen LogP contribution in [0.4, 0.5) is 5.69 Å². The minimum Gasteiger partial charge on any atom is -0.488 e. The summed E-state index contributed by atoms with van der Waals surface area (Å²) in [6.45, 7) is 4.12. The third kappa shape index (κ3) is 4.59. The van der Waals surface area contributed by atoms with Gasteiger partial charge >= 0.3 is 0 Å². The summed E-state index contributed by atoms with van der Waals surface area (Å²) in [6.07, 6.45) is 7.69. The molecule has 1 amide bonds. The van der Waals surface area contributed by atoms with Crippen molar-refractivity contribution < 1.29 is 9.53 Å². The van der Waals surface area contributed by atoms with Crippen molar-refractivity contribution in [3.63, 3.8) is 0 Å². The van der Waals surface area contributed by atoms with E-state index in [1.807, 2.05) is 6.07 Å². The van der Waals surface area contributed by atoms with Crippen LogP contribution in [0.25, 0.3) is 11.0 Å². The molecule has 3 rings (SSSR count). The number of hydrogen-bond acceptors (Lipinski definition) is 5. The summed E-state index contributed by atoms with van der Waals surface area (Å²) in [5, 5.41) is 3.14. The third-order valence-corrected chi connectivity index (χ3v) is 4.49. The van der Waals surface area contributed by atoms with Gasteiger partial charge in [0.2, 0.25) is 5.91 Å². The van der Waals surface area contributed by atoms with Gasteiger partial charge in [-0.15, -0.1) is 0 Å². The zero-order chi connectivity index (χ0) is 17.8. The second-order valence-electron chi connectivity index (χ2n) is 7.20. The minimum atomic E-state index is 0.116. The van der Waals surface area contributed by atoms with E-state index in [2.05, 4.69) is 29.1 Å². The van der Waals surface area contributed by atoms with Crippen molar-refractivity contribution in [2.75, 3.05) is 5.73 Å². The van der Waals surface area contributed by atoms with Crippen LogP contribution < -0.4 is 15.8 Å². The van der Waals surface area contributed by atoms with Gasteiger partial charge in [0, 0.05) is 36.6 Å². The Morgan fingerprint density at radius 3 is 2.68 bits per heavy atom. The molecule has 1 aliphatic rings. The number of nitrogens with zero attached hydrogens (tertiary/aromatic N) is 2. The van der Waals surface area contributed by atoms with Gasteiger partial charge in [-0.25, -0.2) is 4.98 Å². The lowest BCUT2D eigenvalue weighted by Gasteiger charge is -2.30. The molecule has 1 aromatic carbocycles. The Hall–Kier alpha value is -2.37. The van der Waals surface area contributed by atoms with E-state index in [9.17, 15) is 4.79 Å². The van der Waals surface area contributed by atoms with Crippen molar-refractivity contribution in [2.24, 2.45) is 5.92 Å². The predicted molar refractivity (Wildman–Crippen MR) is 98.2 cm³/mol. The summed E-state index contributed by atoms with van der Waals surface area (Å²) in [5.74, 6) is 1.23. The van der Waals surface area contributed by atoms with Crippen LogP contribution in [0.1, 0.15) is 46.0 Å². The van der Waals surface area contributed by atoms with Crippen molar-refractivity contribution >= 4 is 22.6 Å². The van der Waals surface area contributed by atoms with Gasteiger partial charge in [0.25, 0.3) is 0 Å². The maximum Gasteiger partial charge on any atom is 0.220 e. The summed E-state index contributed by atoms with van der Waals surface area (Å²) < 4.78 is 6.17. The normalized spacial score (nSPS) is 20.6. The summed E-state index contributed by atoms with van der Waals surface area (Å²) in [4.78, 5) is 20.6. The molecule has 3 N–H and O–H groups in total. The molecule has 6 nitrogen and oxygen atoms in total. The number of nitrogens with two attached hydrogens (primary N) is 1. The number of ether oxygens (including phenoxy) is 1. The van der Waals surface area contributed by atoms with Crippen molar-refractivity contribution in [3.8, 4) is 5.75 Å². The molecule has 0 unspecified atom stereocenters. The molecule has 1 aliphatic carbocycles. The number of hydrogen-bond donors (Lipinski definition) is 2. The SMILES string of the molecule is CC(C)CC(=O)NC1CCC(Oc2cc(N)cc3nccnc23)CC1. The van der Waals surface area contributed by atoms with Crippen LogP contribution in [-0.4, -0.2) is 28.0 Å². The van der Waals surface area contributed by atoms with Crippen LogP contribution in [-0.2, 0) is 4.79 Å². The molecule has 0 aliphatic heterocycles. The number of amides is 1. The van der Waals surface area contributed by atoms with Gasteiger partial charge in [-0.3, -0.25) is 9.78 Å². The number of carbonyl (C=O) groups excluding carboxylic acids is 1. The average molecular weight is 342 g/mol. The van der Waals surface area contributed by atoms with Gasteiger partial charge in [-0.05, 0) is 37.7 Å². The zero-order valence-corrected chi connectivity index (χ0v) is 14.9. The Bertz CT molecular complexity index is 739. The summed E-state index contributed by atoms with van der Waals surface area (Å²) in [7, 11) is 0. The number of anilines is 1. The van der Waals surface area contributed by atoms with Crippen LogP contribution in [0.5, 0.6) is 5.75 Å². The fourth-order valence-corrected chi connectivity index (χ4v) is 3.32. The van der Waals surface area contributed by atoms with Gasteiger partial charge in [0.05, 0.1) is 11.6 Å². The zero-order valence-electron chi connectivity index (χ0n) is 14.9.